The molecular weight excluding hydrogens is 226 g/mol. The summed E-state index contributed by atoms with van der Waals surface area (Å²) in [6, 6.07) is 8.09. The topological polar surface area (TPSA) is 50.9 Å². The number of hydrogen-bond acceptors (Lipinski definition) is 3. The van der Waals surface area contributed by atoms with Crippen LogP contribution in [0.5, 0.6) is 0 Å². The highest BCUT2D eigenvalue weighted by Gasteiger charge is 2.13. The predicted octanol–water partition coefficient (Wildman–Crippen LogP) is 2.53. The number of benzene rings is 1. The molecule has 0 saturated carbocycles. The number of aromatic nitrogens is 3. The fraction of sp³-hybridized carbons (Fsp3) is 0.286. The summed E-state index contributed by atoms with van der Waals surface area (Å²) in [5, 5.41) is 10.5. The lowest BCUT2D eigenvalue weighted by atomic mass is 10.1. The molecule has 1 aromatic carbocycles. The Morgan fingerprint density at radius 3 is 2.83 bits per heavy atom. The predicted molar refractivity (Wildman–Crippen MR) is 71.4 cm³/mol. The van der Waals surface area contributed by atoms with E-state index in [0.29, 0.717) is 0 Å². The molecule has 2 heterocycles. The average Bonchev–Trinajstić information content (AvgIpc) is 2.85. The van der Waals surface area contributed by atoms with Crippen LogP contribution in [0.3, 0.4) is 0 Å². The highest BCUT2D eigenvalue weighted by Crippen LogP contribution is 2.26. The van der Waals surface area contributed by atoms with Crippen LogP contribution in [0, 0.1) is 0 Å². The molecule has 3 aromatic rings. The lowest BCUT2D eigenvalue weighted by molar-refractivity contribution is 0.227. The minimum absolute atomic E-state index is 0.0702. The van der Waals surface area contributed by atoms with Gasteiger partial charge in [-0.1, -0.05) is 25.1 Å². The molecule has 1 N–H and O–H groups in total. The number of aliphatic hydroxyl groups excluding tert-OH is 1. The first-order chi connectivity index (χ1) is 8.85. The molecule has 92 valence electrons. The molecule has 0 radical (unpaired) electrons. The summed E-state index contributed by atoms with van der Waals surface area (Å²) < 4.78 is 2.05. The Hall–Kier alpha value is -1.94. The van der Waals surface area contributed by atoms with Crippen molar-refractivity contribution in [2.45, 2.75) is 19.4 Å². The molecule has 0 unspecified atom stereocenters. The van der Waals surface area contributed by atoms with E-state index in [0.717, 1.165) is 28.4 Å². The maximum absolute atomic E-state index is 9.47. The molecule has 0 bridgehead atoms. The number of aliphatic hydroxyl groups is 1. The standard InChI is InChI=1S/C14H15N3O/c1-2-10(8-18)17-9-16-13-7-15-12-6-4-3-5-11(12)14(13)17/h3-7,9-10,18H,2,8H2,1H3/t10-/m0/s1. The number of pyridine rings is 1. The maximum atomic E-state index is 9.47. The van der Waals surface area contributed by atoms with Crippen molar-refractivity contribution in [3.8, 4) is 0 Å². The van der Waals surface area contributed by atoms with Gasteiger partial charge in [0.25, 0.3) is 0 Å². The molecule has 0 fully saturated rings. The molecule has 4 heteroatoms. The molecule has 3 rings (SSSR count). The molecule has 0 aliphatic heterocycles. The van der Waals surface area contributed by atoms with Crippen molar-refractivity contribution in [2.24, 2.45) is 0 Å². The van der Waals surface area contributed by atoms with Gasteiger partial charge in [-0.3, -0.25) is 4.98 Å². The van der Waals surface area contributed by atoms with Crippen LogP contribution >= 0.6 is 0 Å². The Morgan fingerprint density at radius 1 is 1.22 bits per heavy atom. The molecule has 4 nitrogen and oxygen atoms in total. The SMILES string of the molecule is CC[C@@H](CO)n1cnc2cnc3ccccc3c21. The summed E-state index contributed by atoms with van der Waals surface area (Å²) >= 11 is 0. The molecule has 0 aliphatic carbocycles. The molecule has 2 aromatic heterocycles. The van der Waals surface area contributed by atoms with Crippen LogP contribution in [0.1, 0.15) is 19.4 Å². The number of imidazole rings is 1. The van der Waals surface area contributed by atoms with E-state index in [-0.39, 0.29) is 12.6 Å². The van der Waals surface area contributed by atoms with E-state index in [9.17, 15) is 5.11 Å². The van der Waals surface area contributed by atoms with Gasteiger partial charge in [0, 0.05) is 5.39 Å². The molecule has 0 amide bonds. The summed E-state index contributed by atoms with van der Waals surface area (Å²) in [5.74, 6) is 0. The highest BCUT2D eigenvalue weighted by molar-refractivity contribution is 6.01. The Balaban J connectivity index is 2.36. The first-order valence-electron chi connectivity index (χ1n) is 6.16. The quantitative estimate of drug-likeness (QED) is 0.766. The van der Waals surface area contributed by atoms with E-state index in [1.165, 1.54) is 0 Å². The van der Waals surface area contributed by atoms with Gasteiger partial charge in [-0.15, -0.1) is 0 Å². The molecule has 0 aliphatic rings. The zero-order valence-corrected chi connectivity index (χ0v) is 10.2. The minimum Gasteiger partial charge on any atom is -0.394 e. The van der Waals surface area contributed by atoms with Crippen LogP contribution in [-0.2, 0) is 0 Å². The van der Waals surface area contributed by atoms with E-state index in [1.807, 2.05) is 24.3 Å². The summed E-state index contributed by atoms with van der Waals surface area (Å²) in [5.41, 5.74) is 2.89. The maximum Gasteiger partial charge on any atom is 0.107 e. The minimum atomic E-state index is 0.0702. The fourth-order valence-electron chi connectivity index (χ4n) is 2.35. The normalized spacial score (nSPS) is 13.2. The number of para-hydroxylation sites is 1. The van der Waals surface area contributed by atoms with Crippen molar-refractivity contribution < 1.29 is 5.11 Å². The molecule has 0 spiro atoms. The average molecular weight is 241 g/mol. The molecule has 1 atom stereocenters. The van der Waals surface area contributed by atoms with Gasteiger partial charge < -0.3 is 9.67 Å². The highest BCUT2D eigenvalue weighted by atomic mass is 16.3. The van der Waals surface area contributed by atoms with Crippen molar-refractivity contribution in [1.82, 2.24) is 14.5 Å². The van der Waals surface area contributed by atoms with Crippen LogP contribution in [-0.4, -0.2) is 26.2 Å². The van der Waals surface area contributed by atoms with Gasteiger partial charge in [0.1, 0.15) is 5.52 Å². The van der Waals surface area contributed by atoms with Gasteiger partial charge in [-0.25, -0.2) is 4.98 Å². The number of nitrogens with zero attached hydrogens (tertiary/aromatic N) is 3. The third kappa shape index (κ3) is 1.57. The van der Waals surface area contributed by atoms with Crippen molar-refractivity contribution in [3.63, 3.8) is 0 Å². The van der Waals surface area contributed by atoms with Gasteiger partial charge >= 0.3 is 0 Å². The van der Waals surface area contributed by atoms with Crippen molar-refractivity contribution in [3.05, 3.63) is 36.8 Å². The van der Waals surface area contributed by atoms with E-state index < -0.39 is 0 Å². The third-order valence-corrected chi connectivity index (χ3v) is 3.38. The summed E-state index contributed by atoms with van der Waals surface area (Å²) in [6.07, 6.45) is 4.46. The molecule has 18 heavy (non-hydrogen) atoms. The van der Waals surface area contributed by atoms with Crippen molar-refractivity contribution >= 4 is 21.9 Å². The Kier molecular flexibility index (Phi) is 2.72. The zero-order valence-electron chi connectivity index (χ0n) is 10.2. The van der Waals surface area contributed by atoms with E-state index in [4.69, 9.17) is 0 Å². The van der Waals surface area contributed by atoms with Gasteiger partial charge in [0.15, 0.2) is 0 Å². The van der Waals surface area contributed by atoms with E-state index in [2.05, 4.69) is 21.5 Å². The van der Waals surface area contributed by atoms with E-state index in [1.54, 1.807) is 12.5 Å². The van der Waals surface area contributed by atoms with Crippen LogP contribution in [0.4, 0.5) is 0 Å². The number of rotatable bonds is 3. The first kappa shape index (κ1) is 11.2. The zero-order chi connectivity index (χ0) is 12.5. The first-order valence-corrected chi connectivity index (χ1v) is 6.16. The van der Waals surface area contributed by atoms with Crippen LogP contribution in [0.25, 0.3) is 21.9 Å². The number of hydrogen-bond donors (Lipinski definition) is 1. The van der Waals surface area contributed by atoms with Crippen molar-refractivity contribution in [1.29, 1.82) is 0 Å². The Labute approximate surface area is 105 Å². The Morgan fingerprint density at radius 2 is 2.06 bits per heavy atom. The fourth-order valence-corrected chi connectivity index (χ4v) is 2.35. The summed E-state index contributed by atoms with van der Waals surface area (Å²) in [4.78, 5) is 8.77. The van der Waals surface area contributed by atoms with Crippen LogP contribution in [0.2, 0.25) is 0 Å². The molecule has 0 saturated heterocycles. The number of fused-ring (bicyclic) bond motifs is 3. The van der Waals surface area contributed by atoms with Crippen LogP contribution < -0.4 is 0 Å². The van der Waals surface area contributed by atoms with Gasteiger partial charge in [0.2, 0.25) is 0 Å². The lowest BCUT2D eigenvalue weighted by Gasteiger charge is -2.15. The van der Waals surface area contributed by atoms with Crippen LogP contribution in [0.15, 0.2) is 36.8 Å². The summed E-state index contributed by atoms with van der Waals surface area (Å²) in [6.45, 7) is 2.19. The second kappa shape index (κ2) is 4.38. The summed E-state index contributed by atoms with van der Waals surface area (Å²) in [7, 11) is 0. The second-order valence-corrected chi connectivity index (χ2v) is 4.41. The van der Waals surface area contributed by atoms with Gasteiger partial charge in [-0.2, -0.15) is 0 Å². The second-order valence-electron chi connectivity index (χ2n) is 4.41. The lowest BCUT2D eigenvalue weighted by Crippen LogP contribution is -2.11. The molecular formula is C14H15N3O. The van der Waals surface area contributed by atoms with Gasteiger partial charge in [0.05, 0.1) is 36.2 Å². The largest absolute Gasteiger partial charge is 0.394 e. The third-order valence-electron chi connectivity index (χ3n) is 3.38. The Bertz CT molecular complexity index is 686. The van der Waals surface area contributed by atoms with Gasteiger partial charge in [-0.05, 0) is 12.5 Å². The monoisotopic (exact) mass is 241 g/mol. The van der Waals surface area contributed by atoms with Crippen molar-refractivity contribution in [2.75, 3.05) is 6.61 Å². The smallest absolute Gasteiger partial charge is 0.107 e. The van der Waals surface area contributed by atoms with E-state index >= 15 is 0 Å².